The molecule has 0 aromatic carbocycles. The molecule has 1 aliphatic rings. The maximum atomic E-state index is 12.9. The highest BCUT2D eigenvalue weighted by Crippen LogP contribution is 2.32. The summed E-state index contributed by atoms with van der Waals surface area (Å²) in [5.74, 6) is -0.0778. The van der Waals surface area contributed by atoms with Gasteiger partial charge in [0.25, 0.3) is 5.91 Å². The second-order valence-electron chi connectivity index (χ2n) is 7.67. The minimum atomic E-state index is -0.214. The van der Waals surface area contributed by atoms with Crippen LogP contribution in [0.4, 0.5) is 0 Å². The predicted molar refractivity (Wildman–Crippen MR) is 116 cm³/mol. The minimum absolute atomic E-state index is 0.00835. The van der Waals surface area contributed by atoms with Crippen molar-refractivity contribution in [3.8, 4) is 11.1 Å². The Bertz CT molecular complexity index is 1060. The number of rotatable bonds is 6. The van der Waals surface area contributed by atoms with Crippen molar-refractivity contribution in [3.63, 3.8) is 0 Å². The third-order valence-corrected chi connectivity index (χ3v) is 5.72. The fourth-order valence-electron chi connectivity index (χ4n) is 3.95. The maximum absolute atomic E-state index is 12.9. The van der Waals surface area contributed by atoms with Gasteiger partial charge in [-0.2, -0.15) is 5.10 Å². The first-order valence-corrected chi connectivity index (χ1v) is 10.5. The largest absolute Gasteiger partial charge is 0.354 e. The van der Waals surface area contributed by atoms with E-state index >= 15 is 0 Å². The van der Waals surface area contributed by atoms with E-state index in [0.717, 1.165) is 41.9 Å². The summed E-state index contributed by atoms with van der Waals surface area (Å²) >= 11 is 0. The number of carbonyl (C=O) groups excluding carboxylic acids is 2. The topological polar surface area (TPSA) is 93.0 Å². The lowest BCUT2D eigenvalue weighted by Crippen LogP contribution is -2.31. The van der Waals surface area contributed by atoms with Gasteiger partial charge in [-0.15, -0.1) is 0 Å². The molecule has 160 valence electrons. The van der Waals surface area contributed by atoms with Gasteiger partial charge in [0.1, 0.15) is 5.69 Å². The van der Waals surface area contributed by atoms with Gasteiger partial charge in [-0.05, 0) is 38.0 Å². The highest BCUT2D eigenvalue weighted by molar-refractivity contribution is 5.92. The molecule has 4 heterocycles. The Morgan fingerprint density at radius 1 is 1.10 bits per heavy atom. The zero-order chi connectivity index (χ0) is 21.8. The molecule has 2 amide bonds. The molecule has 1 saturated heterocycles. The van der Waals surface area contributed by atoms with Gasteiger partial charge in [-0.1, -0.05) is 12.1 Å². The van der Waals surface area contributed by atoms with Gasteiger partial charge in [-0.3, -0.25) is 24.2 Å². The summed E-state index contributed by atoms with van der Waals surface area (Å²) in [6, 6.07) is 9.48. The van der Waals surface area contributed by atoms with E-state index in [9.17, 15) is 9.59 Å². The second kappa shape index (κ2) is 9.07. The van der Waals surface area contributed by atoms with Crippen molar-refractivity contribution >= 4 is 11.8 Å². The molecule has 1 fully saturated rings. The van der Waals surface area contributed by atoms with E-state index in [2.05, 4.69) is 20.4 Å². The Labute approximate surface area is 181 Å². The smallest absolute Gasteiger partial charge is 0.269 e. The van der Waals surface area contributed by atoms with E-state index in [1.54, 1.807) is 31.7 Å². The van der Waals surface area contributed by atoms with E-state index in [4.69, 9.17) is 0 Å². The monoisotopic (exact) mass is 418 g/mol. The fourth-order valence-corrected chi connectivity index (χ4v) is 3.95. The average Bonchev–Trinajstić information content (AvgIpc) is 3.46. The molecule has 1 atom stereocenters. The Kier molecular flexibility index (Phi) is 6.06. The number of carbonyl (C=O) groups is 2. The second-order valence-corrected chi connectivity index (χ2v) is 7.67. The number of aryl methyl sites for hydroxylation is 2. The van der Waals surface area contributed by atoms with Gasteiger partial charge in [0.15, 0.2) is 0 Å². The van der Waals surface area contributed by atoms with Crippen molar-refractivity contribution in [1.29, 1.82) is 0 Å². The van der Waals surface area contributed by atoms with Crippen molar-refractivity contribution in [2.75, 3.05) is 13.6 Å². The van der Waals surface area contributed by atoms with Crippen LogP contribution in [0.15, 0.2) is 48.9 Å². The Morgan fingerprint density at radius 3 is 2.48 bits per heavy atom. The van der Waals surface area contributed by atoms with Crippen LogP contribution in [0.25, 0.3) is 11.1 Å². The molecule has 0 spiro atoms. The van der Waals surface area contributed by atoms with Gasteiger partial charge < -0.3 is 10.2 Å². The molecule has 1 aliphatic heterocycles. The molecule has 8 heteroatoms. The molecule has 0 saturated carbocycles. The third kappa shape index (κ3) is 4.47. The summed E-state index contributed by atoms with van der Waals surface area (Å²) in [5.41, 5.74) is 4.15. The van der Waals surface area contributed by atoms with Gasteiger partial charge in [0, 0.05) is 62.0 Å². The average molecular weight is 419 g/mol. The van der Waals surface area contributed by atoms with Crippen LogP contribution in [-0.2, 0) is 11.3 Å². The van der Waals surface area contributed by atoms with Crippen LogP contribution >= 0.6 is 0 Å². The Balaban J connectivity index is 1.43. The zero-order valence-electron chi connectivity index (χ0n) is 17.8. The maximum Gasteiger partial charge on any atom is 0.269 e. The predicted octanol–water partition coefficient (Wildman–Crippen LogP) is 2.76. The molecule has 1 N–H and O–H groups in total. The van der Waals surface area contributed by atoms with Crippen molar-refractivity contribution in [2.24, 2.45) is 0 Å². The lowest BCUT2D eigenvalue weighted by Gasteiger charge is -2.24. The summed E-state index contributed by atoms with van der Waals surface area (Å²) in [6.07, 6.45) is 7.56. The van der Waals surface area contributed by atoms with Crippen molar-refractivity contribution in [3.05, 3.63) is 66.0 Å². The number of amides is 2. The van der Waals surface area contributed by atoms with E-state index in [1.807, 2.05) is 40.8 Å². The molecule has 3 aromatic heterocycles. The normalized spacial score (nSPS) is 15.8. The summed E-state index contributed by atoms with van der Waals surface area (Å²) in [5, 5.41) is 6.82. The number of pyridine rings is 2. The summed E-state index contributed by atoms with van der Waals surface area (Å²) < 4.78 is 1.86. The third-order valence-electron chi connectivity index (χ3n) is 5.72. The van der Waals surface area contributed by atoms with Crippen LogP contribution in [0.5, 0.6) is 0 Å². The Morgan fingerprint density at radius 2 is 1.87 bits per heavy atom. The molecular formula is C23H26N6O2. The van der Waals surface area contributed by atoms with E-state index in [-0.39, 0.29) is 17.9 Å². The van der Waals surface area contributed by atoms with Crippen LogP contribution in [-0.4, -0.2) is 50.1 Å². The van der Waals surface area contributed by atoms with Crippen LogP contribution < -0.4 is 5.32 Å². The first kappa shape index (κ1) is 20.7. The van der Waals surface area contributed by atoms with Gasteiger partial charge in [0.05, 0.1) is 11.7 Å². The minimum Gasteiger partial charge on any atom is -0.354 e. The van der Waals surface area contributed by atoms with Crippen LogP contribution in [0, 0.1) is 6.92 Å². The van der Waals surface area contributed by atoms with Gasteiger partial charge >= 0.3 is 0 Å². The lowest BCUT2D eigenvalue weighted by molar-refractivity contribution is -0.132. The molecular weight excluding hydrogens is 392 g/mol. The van der Waals surface area contributed by atoms with Crippen LogP contribution in [0.1, 0.15) is 47.2 Å². The van der Waals surface area contributed by atoms with Crippen molar-refractivity contribution < 1.29 is 9.59 Å². The fraction of sp³-hybridized carbons (Fsp3) is 0.348. The highest BCUT2D eigenvalue weighted by Gasteiger charge is 2.30. The SMILES string of the molecule is CNC(=O)c1ccc(-c2ccc([C@H]3CCCN3C(=O)CCn3nccc3C)nc2)cn1. The Hall–Kier alpha value is -3.55. The quantitative estimate of drug-likeness (QED) is 0.664. The molecule has 31 heavy (non-hydrogen) atoms. The molecule has 0 aliphatic carbocycles. The van der Waals surface area contributed by atoms with Crippen LogP contribution in [0.2, 0.25) is 0 Å². The molecule has 8 nitrogen and oxygen atoms in total. The highest BCUT2D eigenvalue weighted by atomic mass is 16.2. The standard InChI is InChI=1S/C23H26N6O2/c1-16-9-11-27-29(16)13-10-22(30)28-12-3-4-21(28)19-7-5-17(14-25-19)18-6-8-20(26-15-18)23(31)24-2/h5-9,11,14-15,21H,3-4,10,12-13H2,1-2H3,(H,24,31)/t21-/m1/s1. The molecule has 0 bridgehead atoms. The first-order chi connectivity index (χ1) is 15.1. The van der Waals surface area contributed by atoms with Gasteiger partial charge in [-0.25, -0.2) is 0 Å². The van der Waals surface area contributed by atoms with Gasteiger partial charge in [0.2, 0.25) is 5.91 Å². The molecule has 0 radical (unpaired) electrons. The van der Waals surface area contributed by atoms with Crippen molar-refractivity contribution in [2.45, 2.75) is 38.8 Å². The van der Waals surface area contributed by atoms with Crippen LogP contribution in [0.3, 0.4) is 0 Å². The number of hydrogen-bond acceptors (Lipinski definition) is 5. The lowest BCUT2D eigenvalue weighted by atomic mass is 10.1. The number of aromatic nitrogens is 4. The van der Waals surface area contributed by atoms with E-state index < -0.39 is 0 Å². The van der Waals surface area contributed by atoms with E-state index in [1.165, 1.54) is 0 Å². The van der Waals surface area contributed by atoms with Crippen molar-refractivity contribution in [1.82, 2.24) is 30.0 Å². The number of nitrogens with zero attached hydrogens (tertiary/aromatic N) is 5. The number of likely N-dealkylation sites (tertiary alicyclic amines) is 1. The number of hydrogen-bond donors (Lipinski definition) is 1. The first-order valence-electron chi connectivity index (χ1n) is 10.5. The molecule has 0 unspecified atom stereocenters. The number of nitrogens with one attached hydrogen (secondary N) is 1. The summed E-state index contributed by atoms with van der Waals surface area (Å²) in [6.45, 7) is 3.34. The molecule has 4 rings (SSSR count). The summed E-state index contributed by atoms with van der Waals surface area (Å²) in [7, 11) is 1.58. The molecule has 3 aromatic rings. The summed E-state index contributed by atoms with van der Waals surface area (Å²) in [4.78, 5) is 35.3. The van der Waals surface area contributed by atoms with E-state index in [0.29, 0.717) is 18.7 Å². The zero-order valence-corrected chi connectivity index (χ0v) is 17.8.